The quantitative estimate of drug-likeness (QED) is 0.368. The van der Waals surface area contributed by atoms with Gasteiger partial charge in [0.2, 0.25) is 0 Å². The van der Waals surface area contributed by atoms with Gasteiger partial charge in [-0.3, -0.25) is 9.59 Å². The van der Waals surface area contributed by atoms with Crippen molar-refractivity contribution in [2.24, 2.45) is 0 Å². The normalized spacial score (nSPS) is 15.0. The molecule has 8 nitrogen and oxygen atoms in total. The lowest BCUT2D eigenvalue weighted by Crippen LogP contribution is -2.55. The summed E-state index contributed by atoms with van der Waals surface area (Å²) in [7, 11) is 0. The van der Waals surface area contributed by atoms with Crippen LogP contribution in [-0.2, 0) is 22.6 Å². The number of hydrogen-bond acceptors (Lipinski definition) is 6. The standard InChI is InChI=1S/C30H34FN3O5/c1-2-6-22-19-25(13-14-26(22)31)39-24-11-9-21(10-12-24)20-32-29(37)27(35)28(36)30(38)34-17-15-33(16-18-34)23-7-4-3-5-8-23/h3-5,7-14,19,27-28,35-36H,2,6,15-18,20H2,1H3,(H,32,37)/t27-,28-/m1/s1. The van der Waals surface area contributed by atoms with Crippen LogP contribution < -0.4 is 15.0 Å². The largest absolute Gasteiger partial charge is 0.457 e. The molecule has 0 bridgehead atoms. The van der Waals surface area contributed by atoms with Crippen molar-refractivity contribution in [3.63, 3.8) is 0 Å². The number of nitrogens with one attached hydrogen (secondary N) is 1. The van der Waals surface area contributed by atoms with Crippen LogP contribution in [0, 0.1) is 5.82 Å². The molecule has 2 atom stereocenters. The van der Waals surface area contributed by atoms with Crippen LogP contribution in [0.3, 0.4) is 0 Å². The van der Waals surface area contributed by atoms with E-state index in [0.29, 0.717) is 49.7 Å². The number of para-hydroxylation sites is 1. The first kappa shape index (κ1) is 28.1. The Morgan fingerprint density at radius 1 is 0.923 bits per heavy atom. The van der Waals surface area contributed by atoms with Crippen LogP contribution in [0.4, 0.5) is 10.1 Å². The minimum atomic E-state index is -1.89. The summed E-state index contributed by atoms with van der Waals surface area (Å²) < 4.78 is 19.7. The number of rotatable bonds is 10. The van der Waals surface area contributed by atoms with Gasteiger partial charge in [0, 0.05) is 38.4 Å². The van der Waals surface area contributed by atoms with E-state index < -0.39 is 24.0 Å². The number of aryl methyl sites for hydroxylation is 1. The molecule has 0 aromatic heterocycles. The van der Waals surface area contributed by atoms with Crippen molar-refractivity contribution >= 4 is 17.5 Å². The van der Waals surface area contributed by atoms with E-state index in [1.165, 1.54) is 11.0 Å². The third kappa shape index (κ3) is 7.34. The van der Waals surface area contributed by atoms with Gasteiger partial charge in [-0.2, -0.15) is 0 Å². The van der Waals surface area contributed by atoms with E-state index in [-0.39, 0.29) is 12.4 Å². The average molecular weight is 536 g/mol. The van der Waals surface area contributed by atoms with Gasteiger partial charge in [0.25, 0.3) is 11.8 Å². The van der Waals surface area contributed by atoms with Crippen LogP contribution in [0.25, 0.3) is 0 Å². The third-order valence-electron chi connectivity index (χ3n) is 6.70. The molecule has 206 valence electrons. The molecule has 9 heteroatoms. The summed E-state index contributed by atoms with van der Waals surface area (Å²) >= 11 is 0. The fourth-order valence-electron chi connectivity index (χ4n) is 4.47. The molecular formula is C30H34FN3O5. The van der Waals surface area contributed by atoms with Gasteiger partial charge < -0.3 is 30.1 Å². The van der Waals surface area contributed by atoms with Crippen molar-refractivity contribution in [2.75, 3.05) is 31.1 Å². The Kier molecular flexibility index (Phi) is 9.51. The number of nitrogens with zero attached hydrogens (tertiary/aromatic N) is 2. The van der Waals surface area contributed by atoms with E-state index in [1.54, 1.807) is 36.4 Å². The van der Waals surface area contributed by atoms with Crippen molar-refractivity contribution in [3.8, 4) is 11.5 Å². The molecule has 0 spiro atoms. The van der Waals surface area contributed by atoms with Gasteiger partial charge in [0.05, 0.1) is 0 Å². The highest BCUT2D eigenvalue weighted by atomic mass is 19.1. The Morgan fingerprint density at radius 3 is 2.26 bits per heavy atom. The summed E-state index contributed by atoms with van der Waals surface area (Å²) in [6.07, 6.45) is -2.29. The number of hydrogen-bond donors (Lipinski definition) is 3. The SMILES string of the molecule is CCCc1cc(Oc2ccc(CNC(=O)[C@H](O)[C@@H](O)C(=O)N3CCN(c4ccccc4)CC3)cc2)ccc1F. The Morgan fingerprint density at radius 2 is 1.59 bits per heavy atom. The predicted molar refractivity (Wildman–Crippen MR) is 146 cm³/mol. The second kappa shape index (κ2) is 13.2. The Hall–Kier alpha value is -3.95. The minimum absolute atomic E-state index is 0.0873. The molecule has 3 N–H and O–H groups in total. The van der Waals surface area contributed by atoms with E-state index in [1.807, 2.05) is 37.3 Å². The van der Waals surface area contributed by atoms with Crippen LogP contribution in [-0.4, -0.2) is 65.3 Å². The number of ether oxygens (including phenoxy) is 1. The Balaban J connectivity index is 1.24. The van der Waals surface area contributed by atoms with E-state index in [4.69, 9.17) is 4.74 Å². The molecule has 1 fully saturated rings. The maximum atomic E-state index is 13.9. The first-order valence-corrected chi connectivity index (χ1v) is 13.1. The number of aliphatic hydroxyl groups is 2. The molecule has 0 aliphatic carbocycles. The first-order chi connectivity index (χ1) is 18.9. The molecule has 0 unspecified atom stereocenters. The summed E-state index contributed by atoms with van der Waals surface area (Å²) in [5.74, 6) is -0.685. The molecule has 2 amide bonds. The van der Waals surface area contributed by atoms with Crippen LogP contribution in [0.1, 0.15) is 24.5 Å². The molecule has 0 saturated carbocycles. The molecular weight excluding hydrogens is 501 g/mol. The van der Waals surface area contributed by atoms with Crippen molar-refractivity contribution in [1.29, 1.82) is 0 Å². The molecule has 4 rings (SSSR count). The Bertz CT molecular complexity index is 1250. The summed E-state index contributed by atoms with van der Waals surface area (Å²) in [6, 6.07) is 21.4. The fourth-order valence-corrected chi connectivity index (χ4v) is 4.47. The summed E-state index contributed by atoms with van der Waals surface area (Å²) in [6.45, 7) is 4.01. The molecule has 0 radical (unpaired) electrons. The van der Waals surface area contributed by atoms with E-state index in [9.17, 15) is 24.2 Å². The van der Waals surface area contributed by atoms with E-state index >= 15 is 0 Å². The molecule has 1 aliphatic rings. The van der Waals surface area contributed by atoms with Crippen molar-refractivity contribution in [2.45, 2.75) is 38.5 Å². The highest BCUT2D eigenvalue weighted by Gasteiger charge is 2.34. The van der Waals surface area contributed by atoms with Gasteiger partial charge in [-0.15, -0.1) is 0 Å². The lowest BCUT2D eigenvalue weighted by atomic mass is 10.1. The second-order valence-electron chi connectivity index (χ2n) is 9.50. The Labute approximate surface area is 227 Å². The monoisotopic (exact) mass is 535 g/mol. The zero-order valence-electron chi connectivity index (χ0n) is 21.9. The smallest absolute Gasteiger partial charge is 0.254 e. The topological polar surface area (TPSA) is 102 Å². The predicted octanol–water partition coefficient (Wildman–Crippen LogP) is 3.26. The zero-order valence-corrected chi connectivity index (χ0v) is 21.9. The number of anilines is 1. The average Bonchev–Trinajstić information content (AvgIpc) is 2.98. The maximum absolute atomic E-state index is 13.9. The van der Waals surface area contributed by atoms with E-state index in [0.717, 1.165) is 17.7 Å². The van der Waals surface area contributed by atoms with Gasteiger partial charge in [0.15, 0.2) is 12.2 Å². The van der Waals surface area contributed by atoms with Gasteiger partial charge in [-0.05, 0) is 60.0 Å². The van der Waals surface area contributed by atoms with Crippen molar-refractivity contribution < 1.29 is 28.9 Å². The van der Waals surface area contributed by atoms with Gasteiger partial charge >= 0.3 is 0 Å². The number of piperazine rings is 1. The van der Waals surface area contributed by atoms with Gasteiger partial charge in [-0.1, -0.05) is 43.7 Å². The summed E-state index contributed by atoms with van der Waals surface area (Å²) in [4.78, 5) is 28.8. The van der Waals surface area contributed by atoms with Crippen LogP contribution in [0.15, 0.2) is 72.8 Å². The van der Waals surface area contributed by atoms with Crippen LogP contribution >= 0.6 is 0 Å². The number of carbonyl (C=O) groups excluding carboxylic acids is 2. The number of halogens is 1. The fraction of sp³-hybridized carbons (Fsp3) is 0.333. The lowest BCUT2D eigenvalue weighted by molar-refractivity contribution is -0.153. The van der Waals surface area contributed by atoms with Gasteiger partial charge in [-0.25, -0.2) is 4.39 Å². The molecule has 1 heterocycles. The maximum Gasteiger partial charge on any atom is 0.254 e. The van der Waals surface area contributed by atoms with E-state index in [2.05, 4.69) is 10.2 Å². The second-order valence-corrected chi connectivity index (χ2v) is 9.50. The summed E-state index contributed by atoms with van der Waals surface area (Å²) in [5, 5.41) is 23.2. The number of amides is 2. The van der Waals surface area contributed by atoms with Gasteiger partial charge in [0.1, 0.15) is 17.3 Å². The minimum Gasteiger partial charge on any atom is -0.457 e. The first-order valence-electron chi connectivity index (χ1n) is 13.1. The third-order valence-corrected chi connectivity index (χ3v) is 6.70. The number of aliphatic hydroxyl groups excluding tert-OH is 2. The molecule has 1 aliphatic heterocycles. The molecule has 39 heavy (non-hydrogen) atoms. The lowest BCUT2D eigenvalue weighted by Gasteiger charge is -2.37. The summed E-state index contributed by atoms with van der Waals surface area (Å²) in [5.41, 5.74) is 2.38. The van der Waals surface area contributed by atoms with Crippen LogP contribution in [0.2, 0.25) is 0 Å². The van der Waals surface area contributed by atoms with Crippen molar-refractivity contribution in [3.05, 3.63) is 89.7 Å². The zero-order chi connectivity index (χ0) is 27.8. The highest BCUT2D eigenvalue weighted by Crippen LogP contribution is 2.25. The number of carbonyl (C=O) groups is 2. The molecule has 1 saturated heterocycles. The highest BCUT2D eigenvalue weighted by molar-refractivity contribution is 5.90. The molecule has 3 aromatic rings. The number of benzene rings is 3. The van der Waals surface area contributed by atoms with Crippen molar-refractivity contribution in [1.82, 2.24) is 10.2 Å². The molecule has 3 aromatic carbocycles. The van der Waals surface area contributed by atoms with Crippen LogP contribution in [0.5, 0.6) is 11.5 Å².